The average molecular weight is 375 g/mol. The van der Waals surface area contributed by atoms with Crippen molar-refractivity contribution in [3.05, 3.63) is 66.0 Å². The van der Waals surface area contributed by atoms with Gasteiger partial charge in [-0.2, -0.15) is 5.26 Å². The highest BCUT2D eigenvalue weighted by atomic mass is 32.2. The van der Waals surface area contributed by atoms with E-state index < -0.39 is 4.75 Å². The van der Waals surface area contributed by atoms with Gasteiger partial charge in [0.15, 0.2) is 0 Å². The predicted octanol–water partition coefficient (Wildman–Crippen LogP) is 6.12. The van der Waals surface area contributed by atoms with Crippen molar-refractivity contribution in [1.82, 2.24) is 0 Å². The largest absolute Gasteiger partial charge is 0.298 e. The normalized spacial score (nSPS) is 15.1. The highest BCUT2D eigenvalue weighted by Gasteiger charge is 2.43. The number of rotatable bonds is 4. The molecule has 3 aromatic carbocycles. The minimum Gasteiger partial charge on any atom is -0.298 e. The molecule has 1 aliphatic rings. The summed E-state index contributed by atoms with van der Waals surface area (Å²) in [6.45, 7) is 1.65. The van der Waals surface area contributed by atoms with Crippen LogP contribution >= 0.6 is 11.8 Å². The number of Topliss-reactive ketones (excluding diaryl/α,β-unsaturated/α-hetero) is 1. The van der Waals surface area contributed by atoms with Crippen molar-refractivity contribution >= 4 is 28.3 Å². The number of ketones is 1. The van der Waals surface area contributed by atoms with Gasteiger partial charge in [0.25, 0.3) is 0 Å². The van der Waals surface area contributed by atoms with E-state index in [2.05, 4.69) is 6.07 Å². The van der Waals surface area contributed by atoms with Crippen molar-refractivity contribution in [2.24, 2.45) is 0 Å². The van der Waals surface area contributed by atoms with E-state index in [1.807, 2.05) is 30.3 Å². The van der Waals surface area contributed by atoms with Crippen molar-refractivity contribution in [3.63, 3.8) is 0 Å². The first-order chi connectivity index (χ1) is 13.0. The SMILES string of the molecule is CC(=O)C1(Sc2ccc(F)cc2-c2ccc(C#N)c3ccccc23)CCC1. The Bertz CT molecular complexity index is 1100. The van der Waals surface area contributed by atoms with Gasteiger partial charge < -0.3 is 0 Å². The molecule has 0 radical (unpaired) electrons. The number of benzene rings is 3. The van der Waals surface area contributed by atoms with Gasteiger partial charge in [0.1, 0.15) is 11.6 Å². The third-order valence-corrected chi connectivity index (χ3v) is 7.05. The Hall–Kier alpha value is -2.64. The summed E-state index contributed by atoms with van der Waals surface area (Å²) in [5.41, 5.74) is 2.25. The van der Waals surface area contributed by atoms with Crippen molar-refractivity contribution in [2.75, 3.05) is 0 Å². The summed E-state index contributed by atoms with van der Waals surface area (Å²) >= 11 is 1.55. The summed E-state index contributed by atoms with van der Waals surface area (Å²) < 4.78 is 13.7. The van der Waals surface area contributed by atoms with E-state index in [9.17, 15) is 14.4 Å². The molecule has 1 aliphatic carbocycles. The van der Waals surface area contributed by atoms with Crippen LogP contribution in [-0.2, 0) is 4.79 Å². The molecule has 27 heavy (non-hydrogen) atoms. The fraction of sp³-hybridized carbons (Fsp3) is 0.217. The second kappa shape index (κ2) is 6.83. The first kappa shape index (κ1) is 17.8. The molecular formula is C23H18FNOS. The third kappa shape index (κ3) is 3.02. The molecule has 134 valence electrons. The average Bonchev–Trinajstić information content (AvgIpc) is 2.64. The van der Waals surface area contributed by atoms with Crippen LogP contribution in [0, 0.1) is 17.1 Å². The lowest BCUT2D eigenvalue weighted by molar-refractivity contribution is -0.121. The Morgan fingerprint density at radius 1 is 1.07 bits per heavy atom. The van der Waals surface area contributed by atoms with Crippen LogP contribution in [0.25, 0.3) is 21.9 Å². The van der Waals surface area contributed by atoms with Crippen molar-refractivity contribution in [1.29, 1.82) is 5.26 Å². The number of hydrogen-bond acceptors (Lipinski definition) is 3. The first-order valence-electron chi connectivity index (χ1n) is 8.96. The van der Waals surface area contributed by atoms with E-state index in [0.717, 1.165) is 46.1 Å². The lowest BCUT2D eigenvalue weighted by Gasteiger charge is -2.39. The van der Waals surface area contributed by atoms with E-state index >= 15 is 0 Å². The first-order valence-corrected chi connectivity index (χ1v) is 9.77. The maximum absolute atomic E-state index is 14.1. The summed E-state index contributed by atoms with van der Waals surface area (Å²) in [6, 6.07) is 18.3. The minimum atomic E-state index is -0.394. The number of nitriles is 1. The van der Waals surface area contributed by atoms with Crippen LogP contribution in [0.2, 0.25) is 0 Å². The number of fused-ring (bicyclic) bond motifs is 1. The van der Waals surface area contributed by atoms with Gasteiger partial charge >= 0.3 is 0 Å². The lowest BCUT2D eigenvalue weighted by Crippen LogP contribution is -2.40. The van der Waals surface area contributed by atoms with Crippen LogP contribution in [0.5, 0.6) is 0 Å². The zero-order chi connectivity index (χ0) is 19.0. The van der Waals surface area contributed by atoms with Gasteiger partial charge in [-0.3, -0.25) is 4.79 Å². The van der Waals surface area contributed by atoms with Gasteiger partial charge in [0, 0.05) is 10.3 Å². The van der Waals surface area contributed by atoms with Gasteiger partial charge in [0.2, 0.25) is 0 Å². The molecule has 1 fully saturated rings. The Balaban J connectivity index is 1.91. The van der Waals surface area contributed by atoms with Crippen LogP contribution in [0.3, 0.4) is 0 Å². The molecule has 0 spiro atoms. The van der Waals surface area contributed by atoms with Gasteiger partial charge in [-0.25, -0.2) is 4.39 Å². The van der Waals surface area contributed by atoms with E-state index in [1.54, 1.807) is 30.8 Å². The zero-order valence-corrected chi connectivity index (χ0v) is 15.8. The van der Waals surface area contributed by atoms with Crippen molar-refractivity contribution in [3.8, 4) is 17.2 Å². The third-order valence-electron chi connectivity index (χ3n) is 5.38. The van der Waals surface area contributed by atoms with Gasteiger partial charge in [-0.15, -0.1) is 11.8 Å². The molecule has 0 aromatic heterocycles. The van der Waals surface area contributed by atoms with Crippen molar-refractivity contribution in [2.45, 2.75) is 35.8 Å². The van der Waals surface area contributed by atoms with Gasteiger partial charge in [-0.05, 0) is 67.0 Å². The molecular weight excluding hydrogens is 357 g/mol. The molecule has 0 heterocycles. The number of thioether (sulfide) groups is 1. The molecule has 0 atom stereocenters. The van der Waals surface area contributed by atoms with Crippen molar-refractivity contribution < 1.29 is 9.18 Å². The number of carbonyl (C=O) groups is 1. The number of halogens is 1. The molecule has 0 saturated heterocycles. The standard InChI is InChI=1S/C23H18FNOS/c1-15(26)23(11-4-12-23)27-22-10-8-17(24)13-21(22)20-9-7-16(14-25)18-5-2-3-6-19(18)20/h2-3,5-10,13H,4,11-12H2,1H3. The molecule has 0 unspecified atom stereocenters. The molecule has 2 nitrogen and oxygen atoms in total. The van der Waals surface area contributed by atoms with E-state index in [0.29, 0.717) is 5.56 Å². The number of nitrogens with zero attached hydrogens (tertiary/aromatic N) is 1. The molecule has 0 N–H and O–H groups in total. The summed E-state index contributed by atoms with van der Waals surface area (Å²) in [6.07, 6.45) is 2.76. The minimum absolute atomic E-state index is 0.179. The molecule has 0 aliphatic heterocycles. The van der Waals surface area contributed by atoms with Crippen LogP contribution in [0.1, 0.15) is 31.7 Å². The fourth-order valence-corrected chi connectivity index (χ4v) is 5.14. The molecule has 0 amide bonds. The van der Waals surface area contributed by atoms with Crippen LogP contribution < -0.4 is 0 Å². The monoisotopic (exact) mass is 375 g/mol. The maximum Gasteiger partial charge on any atom is 0.146 e. The zero-order valence-electron chi connectivity index (χ0n) is 15.0. The summed E-state index contributed by atoms with van der Waals surface area (Å²) in [4.78, 5) is 13.1. The highest BCUT2D eigenvalue weighted by molar-refractivity contribution is 8.01. The van der Waals surface area contributed by atoms with Gasteiger partial charge in [-0.1, -0.05) is 30.3 Å². The molecule has 1 saturated carbocycles. The summed E-state index contributed by atoms with van der Waals surface area (Å²) in [5.74, 6) is -0.132. The van der Waals surface area contributed by atoms with Crippen LogP contribution in [0.4, 0.5) is 4.39 Å². The number of carbonyl (C=O) groups excluding carboxylic acids is 1. The second-order valence-electron chi connectivity index (χ2n) is 6.96. The quantitative estimate of drug-likeness (QED) is 0.551. The fourth-order valence-electron chi connectivity index (χ4n) is 3.67. The predicted molar refractivity (Wildman–Crippen MR) is 107 cm³/mol. The Morgan fingerprint density at radius 2 is 1.81 bits per heavy atom. The summed E-state index contributed by atoms with van der Waals surface area (Å²) in [7, 11) is 0. The highest BCUT2D eigenvalue weighted by Crippen LogP contribution is 2.51. The topological polar surface area (TPSA) is 40.9 Å². The Kier molecular flexibility index (Phi) is 4.49. The molecule has 4 rings (SSSR count). The molecule has 3 aromatic rings. The van der Waals surface area contributed by atoms with E-state index in [1.165, 1.54) is 12.1 Å². The molecule has 4 heteroatoms. The van der Waals surface area contributed by atoms with E-state index in [-0.39, 0.29) is 11.6 Å². The Labute approximate surface area is 162 Å². The van der Waals surface area contributed by atoms with E-state index in [4.69, 9.17) is 0 Å². The second-order valence-corrected chi connectivity index (χ2v) is 8.39. The molecule has 0 bridgehead atoms. The van der Waals surface area contributed by atoms with Gasteiger partial charge in [0.05, 0.1) is 16.4 Å². The summed E-state index contributed by atoms with van der Waals surface area (Å²) in [5, 5.41) is 11.2. The number of hydrogen-bond donors (Lipinski definition) is 0. The smallest absolute Gasteiger partial charge is 0.146 e. The lowest BCUT2D eigenvalue weighted by atomic mass is 9.81. The Morgan fingerprint density at radius 3 is 2.44 bits per heavy atom. The van der Waals surface area contributed by atoms with Crippen LogP contribution in [0.15, 0.2) is 59.5 Å². The maximum atomic E-state index is 14.1. The van der Waals surface area contributed by atoms with Crippen LogP contribution in [-0.4, -0.2) is 10.5 Å².